The number of hydrogen-bond acceptors (Lipinski definition) is 3. The monoisotopic (exact) mass is 338 g/mol. The van der Waals surface area contributed by atoms with E-state index >= 15 is 0 Å². The van der Waals surface area contributed by atoms with Crippen molar-refractivity contribution >= 4 is 28.3 Å². The molecule has 1 heterocycles. The second-order valence-electron chi connectivity index (χ2n) is 4.13. The fourth-order valence-corrected chi connectivity index (χ4v) is 2.71. The second kappa shape index (κ2) is 7.40. The van der Waals surface area contributed by atoms with E-state index in [9.17, 15) is 9.50 Å². The van der Waals surface area contributed by atoms with Gasteiger partial charge in [0.1, 0.15) is 5.82 Å². The molecule has 0 unspecified atom stereocenters. The van der Waals surface area contributed by atoms with Crippen molar-refractivity contribution in [1.29, 1.82) is 0 Å². The van der Waals surface area contributed by atoms with Gasteiger partial charge in [0.05, 0.1) is 17.1 Å². The molecule has 1 atom stereocenters. The molecule has 6 heteroatoms. The molecule has 1 fully saturated rings. The van der Waals surface area contributed by atoms with Gasteiger partial charge in [0.15, 0.2) is 0 Å². The lowest BCUT2D eigenvalue weighted by Crippen LogP contribution is -2.46. The molecule has 0 bridgehead atoms. The Morgan fingerprint density at radius 2 is 2.06 bits per heavy atom. The van der Waals surface area contributed by atoms with Crippen LogP contribution in [0.4, 0.5) is 4.39 Å². The summed E-state index contributed by atoms with van der Waals surface area (Å²) in [6.45, 7) is 3.55. The van der Waals surface area contributed by atoms with Gasteiger partial charge in [-0.05, 0) is 27.6 Å². The van der Waals surface area contributed by atoms with Crippen LogP contribution >= 0.6 is 28.3 Å². The molecule has 0 spiro atoms. The standard InChI is InChI=1S/C12H16BrFN2O.ClH/c13-12-9(2-1-3-10(12)14)11(8-17)16-6-4-15-5-7-16;/h1-3,11,15,17H,4-8H2;1H/t11-;/m0./s1. The Labute approximate surface area is 121 Å². The number of aliphatic hydroxyl groups excluding tert-OH is 1. The predicted octanol–water partition coefficient (Wildman–Crippen LogP) is 1.95. The largest absolute Gasteiger partial charge is 0.394 e. The molecule has 0 saturated carbocycles. The molecule has 1 aromatic carbocycles. The zero-order chi connectivity index (χ0) is 12.3. The first-order valence-electron chi connectivity index (χ1n) is 5.73. The summed E-state index contributed by atoms with van der Waals surface area (Å²) >= 11 is 3.26. The number of rotatable bonds is 3. The van der Waals surface area contributed by atoms with E-state index in [2.05, 4.69) is 26.1 Å². The number of nitrogens with zero attached hydrogens (tertiary/aromatic N) is 1. The zero-order valence-electron chi connectivity index (χ0n) is 9.90. The summed E-state index contributed by atoms with van der Waals surface area (Å²) in [4.78, 5) is 2.18. The number of nitrogens with one attached hydrogen (secondary N) is 1. The van der Waals surface area contributed by atoms with Crippen LogP contribution in [0.1, 0.15) is 11.6 Å². The molecule has 0 amide bonds. The third-order valence-electron chi connectivity index (χ3n) is 3.11. The lowest BCUT2D eigenvalue weighted by molar-refractivity contribution is 0.110. The minimum absolute atomic E-state index is 0. The Kier molecular flexibility index (Phi) is 6.52. The Hall–Kier alpha value is -0.200. The summed E-state index contributed by atoms with van der Waals surface area (Å²) in [5, 5.41) is 12.8. The Balaban J connectivity index is 0.00000162. The zero-order valence-corrected chi connectivity index (χ0v) is 12.3. The fraction of sp³-hybridized carbons (Fsp3) is 0.500. The fourth-order valence-electron chi connectivity index (χ4n) is 2.18. The number of aliphatic hydroxyl groups is 1. The molecule has 1 saturated heterocycles. The van der Waals surface area contributed by atoms with Crippen molar-refractivity contribution in [2.24, 2.45) is 0 Å². The number of benzene rings is 1. The van der Waals surface area contributed by atoms with Crippen LogP contribution in [0.3, 0.4) is 0 Å². The van der Waals surface area contributed by atoms with Crippen molar-refractivity contribution < 1.29 is 9.50 Å². The molecule has 0 radical (unpaired) electrons. The highest BCUT2D eigenvalue weighted by molar-refractivity contribution is 9.10. The third-order valence-corrected chi connectivity index (χ3v) is 3.94. The van der Waals surface area contributed by atoms with Crippen LogP contribution in [0.25, 0.3) is 0 Å². The van der Waals surface area contributed by atoms with Crippen LogP contribution in [0.5, 0.6) is 0 Å². The van der Waals surface area contributed by atoms with Crippen LogP contribution in [-0.4, -0.2) is 42.8 Å². The molecule has 1 aliphatic heterocycles. The molecule has 1 aromatic rings. The third kappa shape index (κ3) is 3.42. The minimum Gasteiger partial charge on any atom is -0.394 e. The van der Waals surface area contributed by atoms with Crippen LogP contribution < -0.4 is 5.32 Å². The summed E-state index contributed by atoms with van der Waals surface area (Å²) in [7, 11) is 0. The maximum atomic E-state index is 13.5. The smallest absolute Gasteiger partial charge is 0.137 e. The van der Waals surface area contributed by atoms with Gasteiger partial charge >= 0.3 is 0 Å². The quantitative estimate of drug-likeness (QED) is 0.883. The van der Waals surface area contributed by atoms with E-state index in [1.165, 1.54) is 6.07 Å². The molecule has 2 N–H and O–H groups in total. The van der Waals surface area contributed by atoms with Gasteiger partial charge in [-0.3, -0.25) is 4.90 Å². The van der Waals surface area contributed by atoms with Crippen LogP contribution in [0.2, 0.25) is 0 Å². The Morgan fingerprint density at radius 1 is 1.39 bits per heavy atom. The van der Waals surface area contributed by atoms with E-state index in [4.69, 9.17) is 0 Å². The molecular formula is C12H17BrClFN2O. The van der Waals surface area contributed by atoms with E-state index in [0.717, 1.165) is 31.7 Å². The van der Waals surface area contributed by atoms with Crippen molar-refractivity contribution in [1.82, 2.24) is 10.2 Å². The molecular weight excluding hydrogens is 323 g/mol. The average molecular weight is 340 g/mol. The molecule has 3 nitrogen and oxygen atoms in total. The van der Waals surface area contributed by atoms with Crippen LogP contribution in [0, 0.1) is 5.82 Å². The van der Waals surface area contributed by atoms with Gasteiger partial charge in [-0.1, -0.05) is 12.1 Å². The van der Waals surface area contributed by atoms with Gasteiger partial charge in [-0.15, -0.1) is 12.4 Å². The topological polar surface area (TPSA) is 35.5 Å². The SMILES string of the molecule is Cl.OC[C@@H](c1cccc(F)c1Br)N1CCNCC1. The molecule has 18 heavy (non-hydrogen) atoms. The molecule has 1 aliphatic rings. The van der Waals surface area contributed by atoms with E-state index in [-0.39, 0.29) is 30.9 Å². The van der Waals surface area contributed by atoms with Crippen molar-refractivity contribution in [3.8, 4) is 0 Å². The second-order valence-corrected chi connectivity index (χ2v) is 4.92. The van der Waals surface area contributed by atoms with Crippen molar-refractivity contribution in [2.75, 3.05) is 32.8 Å². The summed E-state index contributed by atoms with van der Waals surface area (Å²) in [6, 6.07) is 4.82. The van der Waals surface area contributed by atoms with Crippen LogP contribution in [0.15, 0.2) is 22.7 Å². The molecule has 0 aromatic heterocycles. The number of halogens is 3. The minimum atomic E-state index is -0.281. The Morgan fingerprint density at radius 3 is 2.67 bits per heavy atom. The van der Waals surface area contributed by atoms with E-state index in [0.29, 0.717) is 4.47 Å². The first-order valence-corrected chi connectivity index (χ1v) is 6.53. The highest BCUT2D eigenvalue weighted by Gasteiger charge is 2.23. The first-order chi connectivity index (χ1) is 8.24. The average Bonchev–Trinajstić information content (AvgIpc) is 2.37. The van der Waals surface area contributed by atoms with Crippen LogP contribution in [-0.2, 0) is 0 Å². The first kappa shape index (κ1) is 15.9. The van der Waals surface area contributed by atoms with Crippen molar-refractivity contribution in [3.05, 3.63) is 34.1 Å². The Bertz CT molecular complexity index is 388. The highest BCUT2D eigenvalue weighted by atomic mass is 79.9. The maximum Gasteiger partial charge on any atom is 0.137 e. The summed E-state index contributed by atoms with van der Waals surface area (Å²) in [5.74, 6) is -0.281. The summed E-state index contributed by atoms with van der Waals surface area (Å²) in [5.41, 5.74) is 0.814. The van der Waals surface area contributed by atoms with E-state index < -0.39 is 0 Å². The number of hydrogen-bond donors (Lipinski definition) is 2. The summed E-state index contributed by atoms with van der Waals surface area (Å²) < 4.78 is 13.9. The lowest BCUT2D eigenvalue weighted by Gasteiger charge is -2.34. The lowest BCUT2D eigenvalue weighted by atomic mass is 10.1. The summed E-state index contributed by atoms with van der Waals surface area (Å²) in [6.07, 6.45) is 0. The molecule has 102 valence electrons. The van der Waals surface area contributed by atoms with Crippen molar-refractivity contribution in [2.45, 2.75) is 6.04 Å². The normalized spacial score (nSPS) is 18.2. The van der Waals surface area contributed by atoms with Gasteiger partial charge in [0.2, 0.25) is 0 Å². The van der Waals surface area contributed by atoms with Crippen molar-refractivity contribution in [3.63, 3.8) is 0 Å². The number of piperazine rings is 1. The van der Waals surface area contributed by atoms with Gasteiger partial charge in [0, 0.05) is 26.2 Å². The van der Waals surface area contributed by atoms with Gasteiger partial charge in [-0.2, -0.15) is 0 Å². The van der Waals surface area contributed by atoms with E-state index in [1.807, 2.05) is 6.07 Å². The van der Waals surface area contributed by atoms with Gasteiger partial charge in [0.25, 0.3) is 0 Å². The maximum absolute atomic E-state index is 13.5. The van der Waals surface area contributed by atoms with E-state index in [1.54, 1.807) is 6.07 Å². The van der Waals surface area contributed by atoms with Gasteiger partial charge in [-0.25, -0.2) is 4.39 Å². The van der Waals surface area contributed by atoms with Gasteiger partial charge < -0.3 is 10.4 Å². The highest BCUT2D eigenvalue weighted by Crippen LogP contribution is 2.29. The molecule has 0 aliphatic carbocycles. The molecule has 2 rings (SSSR count). The predicted molar refractivity (Wildman–Crippen MR) is 75.6 cm³/mol.